The molecule has 1 N–H and O–H groups in total. The Kier molecular flexibility index (Phi) is 6.29. The zero-order valence-electron chi connectivity index (χ0n) is 14.8. The van der Waals surface area contributed by atoms with Crippen molar-refractivity contribution in [2.45, 2.75) is 13.3 Å². The van der Waals surface area contributed by atoms with Crippen molar-refractivity contribution in [1.82, 2.24) is 5.32 Å². The second kappa shape index (κ2) is 8.45. The van der Waals surface area contributed by atoms with Crippen LogP contribution in [0.5, 0.6) is 11.5 Å². The number of carbonyl (C=O) groups is 1. The lowest BCUT2D eigenvalue weighted by Crippen LogP contribution is -2.25. The van der Waals surface area contributed by atoms with Gasteiger partial charge in [-0.05, 0) is 19.4 Å². The summed E-state index contributed by atoms with van der Waals surface area (Å²) in [6.45, 7) is 1.67. The maximum Gasteiger partial charge on any atom is 0.283 e. The number of aryl methyl sites for hydroxylation is 1. The predicted octanol–water partition coefficient (Wildman–Crippen LogP) is 2.86. The molecule has 0 atom stereocenters. The van der Waals surface area contributed by atoms with E-state index in [9.17, 15) is 25.0 Å². The fraction of sp³-hybridized carbons (Fsp3) is 0.312. The highest BCUT2D eigenvalue weighted by molar-refractivity contribution is 7.14. The number of amides is 1. The first-order valence-electron chi connectivity index (χ1n) is 7.70. The van der Waals surface area contributed by atoms with E-state index in [2.05, 4.69) is 5.32 Å². The minimum atomic E-state index is -0.546. The Labute approximate surface area is 158 Å². The first-order chi connectivity index (χ1) is 12.8. The molecule has 2 rings (SSSR count). The van der Waals surface area contributed by atoms with Crippen LogP contribution in [0.25, 0.3) is 0 Å². The molecule has 1 aromatic carbocycles. The smallest absolute Gasteiger partial charge is 0.283 e. The van der Waals surface area contributed by atoms with Crippen molar-refractivity contribution >= 4 is 28.6 Å². The van der Waals surface area contributed by atoms with Gasteiger partial charge in [0, 0.05) is 18.2 Å². The van der Waals surface area contributed by atoms with Crippen LogP contribution in [0, 0.1) is 27.2 Å². The highest BCUT2D eigenvalue weighted by atomic mass is 32.1. The van der Waals surface area contributed by atoms with E-state index in [1.807, 2.05) is 0 Å². The van der Waals surface area contributed by atoms with Gasteiger partial charge >= 0.3 is 0 Å². The second-order valence-corrected chi connectivity index (χ2v) is 6.66. The zero-order chi connectivity index (χ0) is 20.1. The first kappa shape index (κ1) is 20.1. The van der Waals surface area contributed by atoms with E-state index in [1.54, 1.807) is 6.92 Å². The number of ether oxygens (including phenoxy) is 2. The molecule has 1 amide bonds. The number of nitrogens with zero attached hydrogens (tertiary/aromatic N) is 2. The number of nitrogens with one attached hydrogen (secondary N) is 1. The third-order valence-corrected chi connectivity index (χ3v) is 4.81. The molecule has 10 nitrogen and oxygen atoms in total. The lowest BCUT2D eigenvalue weighted by Gasteiger charge is -2.11. The molecule has 0 unspecified atom stereocenters. The number of hydrogen-bond donors (Lipinski definition) is 1. The average molecular weight is 395 g/mol. The summed E-state index contributed by atoms with van der Waals surface area (Å²) in [5.41, 5.74) is 0.108. The highest BCUT2D eigenvalue weighted by Crippen LogP contribution is 2.34. The van der Waals surface area contributed by atoms with Crippen LogP contribution in [0.1, 0.15) is 20.1 Å². The number of methoxy groups -OCH3 is 2. The van der Waals surface area contributed by atoms with E-state index in [0.717, 1.165) is 11.3 Å². The van der Waals surface area contributed by atoms with Crippen molar-refractivity contribution in [3.63, 3.8) is 0 Å². The molecule has 27 heavy (non-hydrogen) atoms. The molecule has 2 aromatic rings. The highest BCUT2D eigenvalue weighted by Gasteiger charge is 2.21. The summed E-state index contributed by atoms with van der Waals surface area (Å²) in [6.07, 6.45) is 0.175. The number of carbonyl (C=O) groups excluding carboxylic acids is 1. The van der Waals surface area contributed by atoms with Gasteiger partial charge in [-0.3, -0.25) is 25.0 Å². The lowest BCUT2D eigenvalue weighted by molar-refractivity contribution is -0.385. The molecule has 11 heteroatoms. The second-order valence-electron chi connectivity index (χ2n) is 5.41. The van der Waals surface area contributed by atoms with E-state index in [1.165, 1.54) is 32.4 Å². The van der Waals surface area contributed by atoms with Gasteiger partial charge in [0.25, 0.3) is 17.3 Å². The van der Waals surface area contributed by atoms with Crippen molar-refractivity contribution in [2.75, 3.05) is 20.8 Å². The predicted molar refractivity (Wildman–Crippen MR) is 97.9 cm³/mol. The van der Waals surface area contributed by atoms with Gasteiger partial charge < -0.3 is 14.8 Å². The van der Waals surface area contributed by atoms with Gasteiger partial charge in [-0.15, -0.1) is 11.3 Å². The van der Waals surface area contributed by atoms with E-state index in [-0.39, 0.29) is 35.0 Å². The Hall–Kier alpha value is -3.21. The standard InChI is InChI=1S/C16H17N3O7S/c1-9-11(18(21)22)8-15(27-9)16(20)17-5-4-10-6-13(25-2)14(26-3)7-12(10)19(23)24/h6-8H,4-5H2,1-3H3,(H,17,20). The average Bonchev–Trinajstić information content (AvgIpc) is 3.03. The summed E-state index contributed by atoms with van der Waals surface area (Å²) in [5.74, 6) is 0.103. The van der Waals surface area contributed by atoms with Crippen LogP contribution in [-0.2, 0) is 6.42 Å². The Morgan fingerprint density at radius 1 is 1.07 bits per heavy atom. The van der Waals surface area contributed by atoms with Crippen molar-refractivity contribution < 1.29 is 24.1 Å². The Morgan fingerprint density at radius 3 is 2.19 bits per heavy atom. The first-order valence-corrected chi connectivity index (χ1v) is 8.52. The monoisotopic (exact) mass is 395 g/mol. The van der Waals surface area contributed by atoms with Crippen molar-refractivity contribution in [1.29, 1.82) is 0 Å². The SMILES string of the molecule is COc1cc(CCNC(=O)c2cc([N+](=O)[O-])c(C)s2)c([N+](=O)[O-])cc1OC. The number of rotatable bonds is 8. The number of nitro groups is 2. The van der Waals surface area contributed by atoms with Crippen LogP contribution in [-0.4, -0.2) is 36.5 Å². The van der Waals surface area contributed by atoms with Gasteiger partial charge in [0.15, 0.2) is 11.5 Å². The zero-order valence-corrected chi connectivity index (χ0v) is 15.6. The lowest BCUT2D eigenvalue weighted by atomic mass is 10.1. The quantitative estimate of drug-likeness (QED) is 0.536. The molecule has 1 aromatic heterocycles. The van der Waals surface area contributed by atoms with Crippen LogP contribution in [0.3, 0.4) is 0 Å². The van der Waals surface area contributed by atoms with Gasteiger partial charge in [0.2, 0.25) is 0 Å². The normalized spacial score (nSPS) is 10.3. The topological polar surface area (TPSA) is 134 Å². The molecule has 0 radical (unpaired) electrons. The van der Waals surface area contributed by atoms with Gasteiger partial charge in [0.1, 0.15) is 0 Å². The minimum absolute atomic E-state index is 0.110. The van der Waals surface area contributed by atoms with Crippen molar-refractivity contribution in [2.24, 2.45) is 0 Å². The molecule has 0 aliphatic rings. The summed E-state index contributed by atoms with van der Waals surface area (Å²) in [6, 6.07) is 3.97. The van der Waals surface area contributed by atoms with E-state index < -0.39 is 15.8 Å². The molecule has 0 aliphatic heterocycles. The van der Waals surface area contributed by atoms with Crippen LogP contribution in [0.4, 0.5) is 11.4 Å². The Morgan fingerprint density at radius 2 is 1.67 bits per heavy atom. The van der Waals surface area contributed by atoms with Crippen LogP contribution >= 0.6 is 11.3 Å². The molecule has 0 spiro atoms. The summed E-state index contributed by atoms with van der Waals surface area (Å²) < 4.78 is 10.2. The van der Waals surface area contributed by atoms with Gasteiger partial charge in [0.05, 0.1) is 39.9 Å². The molecule has 0 aliphatic carbocycles. The van der Waals surface area contributed by atoms with Gasteiger partial charge in [-0.1, -0.05) is 0 Å². The largest absolute Gasteiger partial charge is 0.493 e. The van der Waals surface area contributed by atoms with Crippen LogP contribution in [0.15, 0.2) is 18.2 Å². The van der Waals surface area contributed by atoms with Crippen molar-refractivity contribution in [3.05, 3.63) is 53.7 Å². The van der Waals surface area contributed by atoms with Gasteiger partial charge in [-0.2, -0.15) is 0 Å². The maximum atomic E-state index is 12.2. The molecule has 0 fully saturated rings. The van der Waals surface area contributed by atoms with Crippen molar-refractivity contribution in [3.8, 4) is 11.5 Å². The molecule has 0 bridgehead atoms. The number of hydrogen-bond acceptors (Lipinski definition) is 8. The van der Waals surface area contributed by atoms with E-state index >= 15 is 0 Å². The minimum Gasteiger partial charge on any atom is -0.493 e. The summed E-state index contributed by atoms with van der Waals surface area (Å²) in [5, 5.41) is 24.8. The molecular formula is C16H17N3O7S. The third-order valence-electron chi connectivity index (χ3n) is 3.77. The maximum absolute atomic E-state index is 12.2. The number of benzene rings is 1. The fourth-order valence-electron chi connectivity index (χ4n) is 2.44. The Bertz CT molecular complexity index is 894. The molecule has 0 saturated carbocycles. The molecular weight excluding hydrogens is 378 g/mol. The van der Waals surface area contributed by atoms with Crippen LogP contribution < -0.4 is 14.8 Å². The summed E-state index contributed by atoms with van der Waals surface area (Å²) >= 11 is 1.02. The van der Waals surface area contributed by atoms with Gasteiger partial charge in [-0.25, -0.2) is 0 Å². The van der Waals surface area contributed by atoms with E-state index in [4.69, 9.17) is 9.47 Å². The van der Waals surface area contributed by atoms with E-state index in [0.29, 0.717) is 16.2 Å². The van der Waals surface area contributed by atoms with Crippen LogP contribution in [0.2, 0.25) is 0 Å². The summed E-state index contributed by atoms with van der Waals surface area (Å²) in [7, 11) is 2.80. The number of nitro benzene ring substituents is 1. The summed E-state index contributed by atoms with van der Waals surface area (Å²) in [4.78, 5) is 33.9. The number of thiophene rings is 1. The molecule has 1 heterocycles. The Balaban J connectivity index is 2.12. The third kappa shape index (κ3) is 4.50. The molecule has 0 saturated heterocycles. The molecule has 144 valence electrons. The fourth-order valence-corrected chi connectivity index (χ4v) is 3.35.